The summed E-state index contributed by atoms with van der Waals surface area (Å²) in [4.78, 5) is 69.3. The molecule has 0 aliphatic carbocycles. The van der Waals surface area contributed by atoms with Gasteiger partial charge >= 0.3 is 11.9 Å². The van der Waals surface area contributed by atoms with Crippen LogP contribution < -0.4 is 0 Å². The largest absolute Gasteiger partial charge is 0.335 e. The van der Waals surface area contributed by atoms with Crippen molar-refractivity contribution in [2.75, 3.05) is 0 Å². The van der Waals surface area contributed by atoms with E-state index in [0.717, 1.165) is 33.1 Å². The van der Waals surface area contributed by atoms with E-state index < -0.39 is 28.4 Å². The highest BCUT2D eigenvalue weighted by Gasteiger charge is 2.26. The van der Waals surface area contributed by atoms with E-state index in [4.69, 9.17) is 0 Å². The van der Waals surface area contributed by atoms with Gasteiger partial charge < -0.3 is 14.2 Å². The van der Waals surface area contributed by atoms with E-state index in [2.05, 4.69) is 33.8 Å². The van der Waals surface area contributed by atoms with E-state index in [1.807, 2.05) is 4.57 Å². The number of Topliss-reactive ketones (excluding diaryl/α,β-unsaturated/α-hetero) is 2. The third-order valence-electron chi connectivity index (χ3n) is 6.71. The van der Waals surface area contributed by atoms with Crippen molar-refractivity contribution in [2.24, 2.45) is 16.2 Å². The van der Waals surface area contributed by atoms with Crippen LogP contribution >= 0.6 is 0 Å². The highest BCUT2D eigenvalue weighted by atomic mass is 16.7. The maximum Gasteiger partial charge on any atom is 0.331 e. The molecule has 1 heterocycles. The second-order valence-electron chi connectivity index (χ2n) is 9.87. The summed E-state index contributed by atoms with van der Waals surface area (Å²) in [5.41, 5.74) is 0.641. The minimum Gasteiger partial charge on any atom is -0.335 e. The summed E-state index contributed by atoms with van der Waals surface area (Å²) in [7, 11) is 0. The van der Waals surface area contributed by atoms with E-state index in [0.29, 0.717) is 34.3 Å². The van der Waals surface area contributed by atoms with Crippen LogP contribution in [-0.2, 0) is 25.8 Å². The molecule has 216 valence electrons. The fraction of sp³-hybridized carbons (Fsp3) is 0.379. The Labute approximate surface area is 236 Å². The van der Waals surface area contributed by atoms with Gasteiger partial charge in [-0.05, 0) is 56.9 Å². The molecule has 0 saturated heterocycles. The Kier molecular flexibility index (Phi) is 9.82. The lowest BCUT2D eigenvalue weighted by molar-refractivity contribution is -0.383. The van der Waals surface area contributed by atoms with Crippen molar-refractivity contribution in [1.29, 1.82) is 0 Å². The van der Waals surface area contributed by atoms with Crippen molar-refractivity contribution in [3.63, 3.8) is 0 Å². The molecule has 12 nitrogen and oxygen atoms in total. The number of hydrogen-bond donors (Lipinski definition) is 0. The molecule has 0 amide bonds. The Morgan fingerprint density at radius 1 is 0.902 bits per heavy atom. The monoisotopic (exact) mass is 564 g/mol. The SMILES string of the molecule is CCC(C)CCCn1c2ccc(C(=O)/C(C)=N/OC(C)=O)cc2c2cc(C(=O)/C(C)=N/OC(C)=O)cc([N+](=O)[O-])c21. The van der Waals surface area contributed by atoms with Gasteiger partial charge in [0.05, 0.1) is 4.92 Å². The maximum atomic E-state index is 13.1. The number of aromatic nitrogens is 1. The molecule has 3 aromatic rings. The van der Waals surface area contributed by atoms with Crippen LogP contribution in [0.15, 0.2) is 40.6 Å². The summed E-state index contributed by atoms with van der Waals surface area (Å²) in [5.74, 6) is -2.08. The number of nitro groups is 1. The molecular weight excluding hydrogens is 532 g/mol. The van der Waals surface area contributed by atoms with Crippen molar-refractivity contribution in [1.82, 2.24) is 4.57 Å². The number of fused-ring (bicyclic) bond motifs is 3. The van der Waals surface area contributed by atoms with Crippen LogP contribution in [-0.4, -0.2) is 44.4 Å². The van der Waals surface area contributed by atoms with Crippen molar-refractivity contribution in [3.8, 4) is 0 Å². The van der Waals surface area contributed by atoms with Crippen molar-refractivity contribution < 1.29 is 33.8 Å². The number of nitro benzene ring substituents is 1. The summed E-state index contributed by atoms with van der Waals surface area (Å²) in [5, 5.41) is 20.3. The van der Waals surface area contributed by atoms with Crippen LogP contribution in [0.2, 0.25) is 0 Å². The van der Waals surface area contributed by atoms with Crippen LogP contribution in [0.1, 0.15) is 81.5 Å². The first kappa shape index (κ1) is 30.8. The number of rotatable bonds is 12. The summed E-state index contributed by atoms with van der Waals surface area (Å²) >= 11 is 0. The second kappa shape index (κ2) is 13.1. The minimum absolute atomic E-state index is 0.0272. The van der Waals surface area contributed by atoms with Gasteiger partial charge in [-0.3, -0.25) is 19.7 Å². The number of carbonyl (C=O) groups excluding carboxylic acids is 4. The first-order chi connectivity index (χ1) is 19.3. The predicted molar refractivity (Wildman–Crippen MR) is 153 cm³/mol. The van der Waals surface area contributed by atoms with Crippen LogP contribution in [0, 0.1) is 16.0 Å². The molecule has 0 fully saturated rings. The number of aryl methyl sites for hydroxylation is 1. The summed E-state index contributed by atoms with van der Waals surface area (Å²) < 4.78 is 1.84. The Hall–Kier alpha value is -4.74. The lowest BCUT2D eigenvalue weighted by atomic mass is 10.0. The number of non-ortho nitro benzene ring substituents is 1. The van der Waals surface area contributed by atoms with Crippen LogP contribution in [0.25, 0.3) is 21.8 Å². The van der Waals surface area contributed by atoms with Crippen LogP contribution in [0.3, 0.4) is 0 Å². The zero-order valence-electron chi connectivity index (χ0n) is 23.8. The first-order valence-corrected chi connectivity index (χ1v) is 13.1. The van der Waals surface area contributed by atoms with Gasteiger partial charge in [-0.2, -0.15) is 0 Å². The molecule has 0 N–H and O–H groups in total. The van der Waals surface area contributed by atoms with Crippen molar-refractivity contribution in [3.05, 3.63) is 51.6 Å². The Bertz CT molecular complexity index is 1620. The van der Waals surface area contributed by atoms with Gasteiger partial charge in [0.1, 0.15) is 16.9 Å². The van der Waals surface area contributed by atoms with Crippen molar-refractivity contribution >= 4 is 62.4 Å². The third kappa shape index (κ3) is 7.07. The van der Waals surface area contributed by atoms with E-state index in [1.54, 1.807) is 18.2 Å². The number of oxime groups is 2. The summed E-state index contributed by atoms with van der Waals surface area (Å²) in [6.45, 7) is 9.75. The standard InChI is InChI=1S/C29H32N4O8/c1-7-16(2)9-8-12-32-25-11-10-21(28(36)17(3)30-40-19(5)34)13-23(25)24-14-22(15-26(27(24)32)33(38)39)29(37)18(4)31-41-20(6)35/h10-11,13-16H,7-9,12H2,1-6H3/b30-17+,31-18+. The molecule has 0 bridgehead atoms. The molecule has 0 radical (unpaired) electrons. The van der Waals surface area contributed by atoms with Gasteiger partial charge in [0, 0.05) is 53.9 Å². The lowest BCUT2D eigenvalue weighted by Crippen LogP contribution is -2.12. The molecule has 1 unspecified atom stereocenters. The Balaban J connectivity index is 2.28. The fourth-order valence-corrected chi connectivity index (χ4v) is 4.43. The first-order valence-electron chi connectivity index (χ1n) is 13.1. The molecule has 0 aliphatic heterocycles. The number of ketones is 2. The second-order valence-corrected chi connectivity index (χ2v) is 9.87. The van der Waals surface area contributed by atoms with Gasteiger partial charge in [0.2, 0.25) is 11.6 Å². The third-order valence-corrected chi connectivity index (χ3v) is 6.71. The van der Waals surface area contributed by atoms with E-state index in [9.17, 15) is 29.3 Å². The van der Waals surface area contributed by atoms with E-state index in [-0.39, 0.29) is 28.2 Å². The molecule has 0 spiro atoms. The van der Waals surface area contributed by atoms with Gasteiger partial charge in [0.15, 0.2) is 0 Å². The van der Waals surface area contributed by atoms with E-state index in [1.165, 1.54) is 26.0 Å². The summed E-state index contributed by atoms with van der Waals surface area (Å²) in [6.07, 6.45) is 2.68. The van der Waals surface area contributed by atoms with Gasteiger partial charge in [-0.1, -0.05) is 30.6 Å². The normalized spacial score (nSPS) is 12.8. The molecule has 1 atom stereocenters. The highest BCUT2D eigenvalue weighted by molar-refractivity contribution is 6.46. The molecule has 3 rings (SSSR count). The molecular formula is C29H32N4O8. The predicted octanol–water partition coefficient (Wildman–Crippen LogP) is 5.77. The minimum atomic E-state index is -0.719. The van der Waals surface area contributed by atoms with Gasteiger partial charge in [-0.15, -0.1) is 0 Å². The average Bonchev–Trinajstić information content (AvgIpc) is 3.25. The van der Waals surface area contributed by atoms with Crippen LogP contribution in [0.4, 0.5) is 5.69 Å². The maximum absolute atomic E-state index is 13.1. The van der Waals surface area contributed by atoms with Crippen LogP contribution in [0.5, 0.6) is 0 Å². The molecule has 2 aromatic carbocycles. The average molecular weight is 565 g/mol. The molecule has 0 saturated carbocycles. The fourth-order valence-electron chi connectivity index (χ4n) is 4.43. The molecule has 1 aromatic heterocycles. The zero-order chi connectivity index (χ0) is 30.4. The summed E-state index contributed by atoms with van der Waals surface area (Å²) in [6, 6.07) is 7.55. The number of nitrogens with zero attached hydrogens (tertiary/aromatic N) is 4. The molecule has 41 heavy (non-hydrogen) atoms. The number of benzene rings is 2. The Morgan fingerprint density at radius 2 is 1.46 bits per heavy atom. The Morgan fingerprint density at radius 3 is 2.00 bits per heavy atom. The van der Waals surface area contributed by atoms with Crippen molar-refractivity contribution in [2.45, 2.75) is 67.3 Å². The zero-order valence-corrected chi connectivity index (χ0v) is 23.8. The number of carbonyl (C=O) groups is 4. The smallest absolute Gasteiger partial charge is 0.331 e. The molecule has 12 heteroatoms. The van der Waals surface area contributed by atoms with Gasteiger partial charge in [0.25, 0.3) is 5.69 Å². The topological polar surface area (TPSA) is 160 Å². The van der Waals surface area contributed by atoms with Gasteiger partial charge in [-0.25, -0.2) is 9.59 Å². The lowest BCUT2D eigenvalue weighted by Gasteiger charge is -2.11. The number of hydrogen-bond acceptors (Lipinski definition) is 10. The molecule has 0 aliphatic rings. The highest BCUT2D eigenvalue weighted by Crippen LogP contribution is 2.37. The quantitative estimate of drug-likeness (QED) is 0.0880. The van der Waals surface area contributed by atoms with E-state index >= 15 is 0 Å².